The molecule has 0 radical (unpaired) electrons. The summed E-state index contributed by atoms with van der Waals surface area (Å²) < 4.78 is 0. The highest BCUT2D eigenvalue weighted by Crippen LogP contribution is 2.27. The van der Waals surface area contributed by atoms with Crippen molar-refractivity contribution in [1.82, 2.24) is 15.3 Å². The average molecular weight is 434 g/mol. The number of thioether (sulfide) groups is 1. The summed E-state index contributed by atoms with van der Waals surface area (Å²) in [5.74, 6) is 0.548. The van der Waals surface area contributed by atoms with E-state index in [1.165, 1.54) is 35.2 Å². The van der Waals surface area contributed by atoms with Gasteiger partial charge in [0.25, 0.3) is 5.56 Å². The minimum absolute atomic E-state index is 0.107. The van der Waals surface area contributed by atoms with E-state index >= 15 is 0 Å². The van der Waals surface area contributed by atoms with Gasteiger partial charge in [-0.15, -0.1) is 23.1 Å². The van der Waals surface area contributed by atoms with E-state index in [1.54, 1.807) is 6.07 Å². The Hall–Kier alpha value is -2.52. The van der Waals surface area contributed by atoms with E-state index in [2.05, 4.69) is 15.3 Å². The average Bonchev–Trinajstić information content (AvgIpc) is 2.96. The molecule has 3 aromatic rings. The third-order valence-electron chi connectivity index (χ3n) is 4.68. The number of amides is 1. The van der Waals surface area contributed by atoms with Crippen LogP contribution in [0.25, 0.3) is 10.2 Å². The summed E-state index contributed by atoms with van der Waals surface area (Å²) >= 11 is 2.91. The lowest BCUT2D eigenvalue weighted by molar-refractivity contribution is -0.120. The molecule has 4 N–H and O–H groups in total. The van der Waals surface area contributed by atoms with Crippen LogP contribution >= 0.6 is 23.1 Å². The maximum absolute atomic E-state index is 12.3. The van der Waals surface area contributed by atoms with Gasteiger partial charge in [0.2, 0.25) is 5.91 Å². The number of rotatable bonds is 7. The molecule has 2 aromatic heterocycles. The van der Waals surface area contributed by atoms with E-state index in [9.17, 15) is 19.8 Å². The number of phenols is 2. The van der Waals surface area contributed by atoms with Gasteiger partial charge in [-0.3, -0.25) is 9.59 Å². The zero-order valence-electron chi connectivity index (χ0n) is 16.4. The van der Waals surface area contributed by atoms with Crippen LogP contribution < -0.4 is 10.9 Å². The number of aromatic nitrogens is 2. The Bertz CT molecular complexity index is 1110. The third-order valence-corrected chi connectivity index (χ3v) is 6.94. The number of H-pyrrole nitrogens is 1. The minimum atomic E-state index is -0.309. The van der Waals surface area contributed by atoms with Crippen molar-refractivity contribution in [1.29, 1.82) is 0 Å². The van der Waals surface area contributed by atoms with Gasteiger partial charge in [-0.05, 0) is 50.5 Å². The molecular formula is C20H23N3O4S2. The number of nitrogens with one attached hydrogen (secondary N) is 2. The Kier molecular flexibility index (Phi) is 6.49. The summed E-state index contributed by atoms with van der Waals surface area (Å²) in [6.45, 7) is 6.12. The molecule has 0 unspecified atom stereocenters. The van der Waals surface area contributed by atoms with Crippen molar-refractivity contribution < 1.29 is 15.0 Å². The van der Waals surface area contributed by atoms with E-state index in [4.69, 9.17) is 0 Å². The van der Waals surface area contributed by atoms with Crippen LogP contribution in [-0.4, -0.2) is 37.9 Å². The van der Waals surface area contributed by atoms with E-state index in [0.29, 0.717) is 29.9 Å². The number of phenolic OH excluding ortho intramolecular Hbond substituents is 2. The molecule has 1 amide bonds. The summed E-state index contributed by atoms with van der Waals surface area (Å²) in [5.41, 5.74) is 1.65. The summed E-state index contributed by atoms with van der Waals surface area (Å²) in [6.07, 6.45) is 0.541. The predicted octanol–water partition coefficient (Wildman–Crippen LogP) is 2.99. The molecule has 29 heavy (non-hydrogen) atoms. The maximum Gasteiger partial charge on any atom is 0.259 e. The van der Waals surface area contributed by atoms with Crippen LogP contribution in [0.4, 0.5) is 0 Å². The van der Waals surface area contributed by atoms with Crippen LogP contribution in [0.2, 0.25) is 0 Å². The number of aromatic hydroxyl groups is 2. The van der Waals surface area contributed by atoms with Gasteiger partial charge in [0.05, 0.1) is 16.4 Å². The van der Waals surface area contributed by atoms with Crippen LogP contribution in [0, 0.1) is 13.8 Å². The van der Waals surface area contributed by atoms with Crippen LogP contribution in [0.1, 0.15) is 28.8 Å². The van der Waals surface area contributed by atoms with Crippen molar-refractivity contribution in [2.45, 2.75) is 38.2 Å². The number of aromatic amines is 1. The Balaban J connectivity index is 1.52. The first-order chi connectivity index (χ1) is 13.8. The molecule has 0 fully saturated rings. The lowest BCUT2D eigenvalue weighted by Crippen LogP contribution is -2.32. The highest BCUT2D eigenvalue weighted by molar-refractivity contribution is 7.99. The van der Waals surface area contributed by atoms with E-state index < -0.39 is 0 Å². The third kappa shape index (κ3) is 4.91. The number of hydrogen-bond donors (Lipinski definition) is 4. The molecule has 0 aliphatic carbocycles. The molecular weight excluding hydrogens is 410 g/mol. The first-order valence-electron chi connectivity index (χ1n) is 9.15. The number of nitrogens with zero attached hydrogens (tertiary/aromatic N) is 1. The monoisotopic (exact) mass is 433 g/mol. The molecule has 0 saturated carbocycles. The lowest BCUT2D eigenvalue weighted by atomic mass is 10.1. The normalized spacial score (nSPS) is 12.2. The van der Waals surface area contributed by atoms with E-state index in [1.807, 2.05) is 20.8 Å². The summed E-state index contributed by atoms with van der Waals surface area (Å²) in [6, 6.07) is 4.60. The molecule has 7 nitrogen and oxygen atoms in total. The second-order valence-corrected chi connectivity index (χ2v) is 9.33. The highest BCUT2D eigenvalue weighted by atomic mass is 32.2. The Morgan fingerprint density at radius 3 is 2.79 bits per heavy atom. The van der Waals surface area contributed by atoms with Crippen molar-refractivity contribution in [3.05, 3.63) is 50.4 Å². The number of fused-ring (bicyclic) bond motifs is 1. The number of aryl methyl sites for hydroxylation is 2. The van der Waals surface area contributed by atoms with E-state index in [0.717, 1.165) is 20.8 Å². The quantitative estimate of drug-likeness (QED) is 0.426. The van der Waals surface area contributed by atoms with Gasteiger partial charge in [0.15, 0.2) is 11.5 Å². The van der Waals surface area contributed by atoms with Gasteiger partial charge in [-0.25, -0.2) is 4.98 Å². The highest BCUT2D eigenvalue weighted by Gasteiger charge is 2.16. The van der Waals surface area contributed by atoms with Crippen molar-refractivity contribution in [2.75, 3.05) is 6.54 Å². The molecule has 0 aliphatic heterocycles. The number of hydrogen-bond acceptors (Lipinski definition) is 7. The largest absolute Gasteiger partial charge is 0.504 e. The van der Waals surface area contributed by atoms with Crippen LogP contribution in [0.5, 0.6) is 11.5 Å². The first kappa shape index (κ1) is 21.2. The zero-order chi connectivity index (χ0) is 21.1. The summed E-state index contributed by atoms with van der Waals surface area (Å²) in [4.78, 5) is 33.8. The molecule has 2 heterocycles. The SMILES string of the molecule is Cc1sc2nc(CS[C@@H](C)C(=O)NCCc3ccc(O)c(O)c3)[nH]c(=O)c2c1C. The molecule has 9 heteroatoms. The molecule has 0 bridgehead atoms. The number of carbonyl (C=O) groups is 1. The predicted molar refractivity (Wildman–Crippen MR) is 117 cm³/mol. The Labute approximate surface area is 176 Å². The standard InChI is InChI=1S/C20H23N3O4S2/c1-10-11(2)29-20-17(10)19(27)22-16(23-20)9-28-12(3)18(26)21-7-6-13-4-5-14(24)15(25)8-13/h4-5,8,12,24-25H,6-7,9H2,1-3H3,(H,21,26)(H,22,23,27)/t12-/m0/s1. The molecule has 3 rings (SSSR count). The Morgan fingerprint density at radius 1 is 1.31 bits per heavy atom. The van der Waals surface area contributed by atoms with Gasteiger partial charge < -0.3 is 20.5 Å². The van der Waals surface area contributed by atoms with Crippen molar-refractivity contribution in [3.63, 3.8) is 0 Å². The zero-order valence-corrected chi connectivity index (χ0v) is 18.0. The van der Waals surface area contributed by atoms with E-state index in [-0.39, 0.29) is 28.2 Å². The molecule has 0 aliphatic rings. The van der Waals surface area contributed by atoms with Gasteiger partial charge in [0.1, 0.15) is 10.7 Å². The van der Waals surface area contributed by atoms with Crippen LogP contribution in [0.3, 0.4) is 0 Å². The molecule has 0 spiro atoms. The second-order valence-electron chi connectivity index (χ2n) is 6.79. The molecule has 154 valence electrons. The molecule has 1 aromatic carbocycles. The van der Waals surface area contributed by atoms with Crippen molar-refractivity contribution in [2.24, 2.45) is 0 Å². The van der Waals surface area contributed by atoms with Crippen LogP contribution in [-0.2, 0) is 17.0 Å². The minimum Gasteiger partial charge on any atom is -0.504 e. The summed E-state index contributed by atoms with van der Waals surface area (Å²) in [7, 11) is 0. The number of carbonyl (C=O) groups excluding carboxylic acids is 1. The van der Waals surface area contributed by atoms with Gasteiger partial charge >= 0.3 is 0 Å². The van der Waals surface area contributed by atoms with Crippen molar-refractivity contribution in [3.8, 4) is 11.5 Å². The topological polar surface area (TPSA) is 115 Å². The number of thiophene rings is 1. The van der Waals surface area contributed by atoms with Gasteiger partial charge in [0, 0.05) is 11.4 Å². The van der Waals surface area contributed by atoms with Gasteiger partial charge in [-0.1, -0.05) is 6.07 Å². The fourth-order valence-electron chi connectivity index (χ4n) is 2.85. The second kappa shape index (κ2) is 8.87. The fraction of sp³-hybridized carbons (Fsp3) is 0.350. The maximum atomic E-state index is 12.3. The lowest BCUT2D eigenvalue weighted by Gasteiger charge is -2.12. The smallest absolute Gasteiger partial charge is 0.259 e. The molecule has 1 atom stereocenters. The summed E-state index contributed by atoms with van der Waals surface area (Å²) in [5, 5.41) is 22.0. The molecule has 0 saturated heterocycles. The number of benzene rings is 1. The first-order valence-corrected chi connectivity index (χ1v) is 11.0. The Morgan fingerprint density at radius 2 is 2.07 bits per heavy atom. The van der Waals surface area contributed by atoms with Crippen molar-refractivity contribution >= 4 is 39.2 Å². The van der Waals surface area contributed by atoms with Crippen LogP contribution in [0.15, 0.2) is 23.0 Å². The fourth-order valence-corrected chi connectivity index (χ4v) is 4.67. The van der Waals surface area contributed by atoms with Gasteiger partial charge in [-0.2, -0.15) is 0 Å².